The smallest absolute Gasteiger partial charge is 0.227 e. The molecule has 2 heterocycles. The Morgan fingerprint density at radius 2 is 1.72 bits per heavy atom. The minimum Gasteiger partial charge on any atom is -0.493 e. The van der Waals surface area contributed by atoms with Crippen LogP contribution >= 0.6 is 0 Å². The molecule has 0 N–H and O–H groups in total. The summed E-state index contributed by atoms with van der Waals surface area (Å²) in [6.45, 7) is 5.93. The second-order valence-electron chi connectivity index (χ2n) is 10.3. The van der Waals surface area contributed by atoms with Crippen LogP contribution in [0.25, 0.3) is 10.8 Å². The average molecular weight is 487 g/mol. The highest BCUT2D eigenvalue weighted by Crippen LogP contribution is 2.33. The first kappa shape index (κ1) is 24.6. The third kappa shape index (κ3) is 5.08. The number of fused-ring (bicyclic) bond motifs is 2. The van der Waals surface area contributed by atoms with E-state index in [0.29, 0.717) is 18.2 Å². The molecule has 0 saturated carbocycles. The quantitative estimate of drug-likeness (QED) is 0.440. The van der Waals surface area contributed by atoms with Gasteiger partial charge in [-0.25, -0.2) is 0 Å². The van der Waals surface area contributed by atoms with Crippen LogP contribution in [0.3, 0.4) is 0 Å². The number of benzene rings is 3. The number of likely N-dealkylation sites (tertiary alicyclic amines) is 1. The first-order valence-corrected chi connectivity index (χ1v) is 13.3. The summed E-state index contributed by atoms with van der Waals surface area (Å²) in [6, 6.07) is 17.8. The molecule has 2 aliphatic heterocycles. The lowest BCUT2D eigenvalue weighted by Crippen LogP contribution is -2.42. The van der Waals surface area contributed by atoms with Gasteiger partial charge >= 0.3 is 0 Å². The zero-order valence-electron chi connectivity index (χ0n) is 21.9. The van der Waals surface area contributed by atoms with Crippen LogP contribution in [-0.4, -0.2) is 55.6 Å². The maximum atomic E-state index is 13.2. The average Bonchev–Trinajstić information content (AvgIpc) is 3.06. The van der Waals surface area contributed by atoms with Gasteiger partial charge < -0.3 is 14.4 Å². The molecule has 1 atom stereocenters. The minimum atomic E-state index is 0.216. The van der Waals surface area contributed by atoms with Crippen LogP contribution in [0.4, 0.5) is 0 Å². The van der Waals surface area contributed by atoms with Crippen LogP contribution in [0.1, 0.15) is 47.9 Å². The van der Waals surface area contributed by atoms with Crippen molar-refractivity contribution in [3.8, 4) is 11.5 Å². The van der Waals surface area contributed by atoms with E-state index in [1.54, 1.807) is 14.2 Å². The van der Waals surface area contributed by atoms with E-state index in [4.69, 9.17) is 9.47 Å². The number of aryl methyl sites for hydroxylation is 1. The number of carbonyl (C=O) groups excluding carboxylic acids is 1. The first-order chi connectivity index (χ1) is 17.6. The molecule has 0 spiro atoms. The van der Waals surface area contributed by atoms with Crippen molar-refractivity contribution in [2.24, 2.45) is 0 Å². The van der Waals surface area contributed by atoms with E-state index in [9.17, 15) is 4.79 Å². The molecule has 1 unspecified atom stereocenters. The first-order valence-electron chi connectivity index (χ1n) is 13.3. The predicted octanol–water partition coefficient (Wildman–Crippen LogP) is 5.54. The number of methoxy groups -OCH3 is 2. The molecule has 5 rings (SSSR count). The maximum absolute atomic E-state index is 13.2. The Morgan fingerprint density at radius 3 is 2.53 bits per heavy atom. The van der Waals surface area contributed by atoms with Crippen LogP contribution < -0.4 is 9.47 Å². The number of hydrogen-bond acceptors (Lipinski definition) is 4. The Balaban J connectivity index is 1.28. The van der Waals surface area contributed by atoms with E-state index in [1.165, 1.54) is 46.7 Å². The molecule has 3 aromatic carbocycles. The van der Waals surface area contributed by atoms with Crippen LogP contribution in [0, 0.1) is 6.92 Å². The Kier molecular flexibility index (Phi) is 7.47. The van der Waals surface area contributed by atoms with Gasteiger partial charge in [0.25, 0.3) is 0 Å². The van der Waals surface area contributed by atoms with E-state index in [2.05, 4.69) is 53.1 Å². The highest BCUT2D eigenvalue weighted by atomic mass is 16.5. The summed E-state index contributed by atoms with van der Waals surface area (Å²) >= 11 is 0. The molecule has 3 aromatic rings. The predicted molar refractivity (Wildman–Crippen MR) is 145 cm³/mol. The largest absolute Gasteiger partial charge is 0.493 e. The Bertz CT molecular complexity index is 1240. The molecular formula is C31H38N2O3. The van der Waals surface area contributed by atoms with Crippen molar-refractivity contribution in [3.63, 3.8) is 0 Å². The van der Waals surface area contributed by atoms with Gasteiger partial charge in [0.2, 0.25) is 5.91 Å². The third-order valence-electron chi connectivity index (χ3n) is 8.17. The molecule has 1 fully saturated rings. The molecule has 0 radical (unpaired) electrons. The topological polar surface area (TPSA) is 42.0 Å². The molecule has 2 aliphatic rings. The van der Waals surface area contributed by atoms with Crippen molar-refractivity contribution in [2.45, 2.75) is 58.0 Å². The molecule has 1 saturated heterocycles. The van der Waals surface area contributed by atoms with E-state index < -0.39 is 0 Å². The fourth-order valence-electron chi connectivity index (χ4n) is 6.01. The second-order valence-corrected chi connectivity index (χ2v) is 10.3. The normalized spacial score (nSPS) is 18.7. The van der Waals surface area contributed by atoms with Crippen molar-refractivity contribution in [1.29, 1.82) is 0 Å². The molecule has 0 aromatic heterocycles. The van der Waals surface area contributed by atoms with Crippen LogP contribution in [0.2, 0.25) is 0 Å². The van der Waals surface area contributed by atoms with Crippen molar-refractivity contribution < 1.29 is 14.3 Å². The van der Waals surface area contributed by atoms with Crippen molar-refractivity contribution >= 4 is 16.7 Å². The van der Waals surface area contributed by atoms with E-state index >= 15 is 0 Å². The van der Waals surface area contributed by atoms with Gasteiger partial charge in [0.05, 0.1) is 20.6 Å². The number of amides is 1. The fraction of sp³-hybridized carbons (Fsp3) is 0.452. The van der Waals surface area contributed by atoms with Crippen LogP contribution in [0.5, 0.6) is 11.5 Å². The maximum Gasteiger partial charge on any atom is 0.227 e. The number of nitrogens with zero attached hydrogens (tertiary/aromatic N) is 2. The van der Waals surface area contributed by atoms with Gasteiger partial charge in [0, 0.05) is 25.7 Å². The Labute approximate surface area is 215 Å². The number of carbonyl (C=O) groups is 1. The molecular weight excluding hydrogens is 448 g/mol. The summed E-state index contributed by atoms with van der Waals surface area (Å²) in [6.07, 6.45) is 6.04. The van der Waals surface area contributed by atoms with Gasteiger partial charge in [-0.15, -0.1) is 0 Å². The summed E-state index contributed by atoms with van der Waals surface area (Å²) in [5, 5.41) is 2.68. The van der Waals surface area contributed by atoms with Crippen molar-refractivity contribution in [1.82, 2.24) is 9.80 Å². The highest BCUT2D eigenvalue weighted by Gasteiger charge is 2.27. The van der Waals surface area contributed by atoms with Crippen LogP contribution in [0.15, 0.2) is 48.5 Å². The number of hydrogen-bond donors (Lipinski definition) is 0. The minimum absolute atomic E-state index is 0.216. The molecule has 5 nitrogen and oxygen atoms in total. The second kappa shape index (κ2) is 10.9. The van der Waals surface area contributed by atoms with Crippen LogP contribution in [-0.2, 0) is 24.2 Å². The SMILES string of the molecule is COc1cc2c(cc1OC)CC(=O)N(CCC1CCCCN1Cc1c(C)ccc3ccccc13)CC2. The van der Waals surface area contributed by atoms with Gasteiger partial charge in [0.1, 0.15) is 0 Å². The molecule has 0 bridgehead atoms. The van der Waals surface area contributed by atoms with Gasteiger partial charge in [-0.1, -0.05) is 42.8 Å². The zero-order chi connectivity index (χ0) is 25.1. The van der Waals surface area contributed by atoms with E-state index in [-0.39, 0.29) is 5.91 Å². The molecule has 5 heteroatoms. The lowest BCUT2D eigenvalue weighted by Gasteiger charge is -2.37. The number of ether oxygens (including phenoxy) is 2. The van der Waals surface area contributed by atoms with E-state index in [0.717, 1.165) is 50.3 Å². The fourth-order valence-corrected chi connectivity index (χ4v) is 6.01. The lowest BCUT2D eigenvalue weighted by molar-refractivity contribution is -0.130. The van der Waals surface area contributed by atoms with Gasteiger partial charge in [-0.2, -0.15) is 0 Å². The highest BCUT2D eigenvalue weighted by molar-refractivity contribution is 5.86. The Hall–Kier alpha value is -3.05. The third-order valence-corrected chi connectivity index (χ3v) is 8.17. The van der Waals surface area contributed by atoms with Crippen molar-refractivity contribution in [3.05, 3.63) is 70.8 Å². The molecule has 1 amide bonds. The summed E-state index contributed by atoms with van der Waals surface area (Å²) in [5.41, 5.74) is 5.06. The molecule has 0 aliphatic carbocycles. The summed E-state index contributed by atoms with van der Waals surface area (Å²) < 4.78 is 11.0. The summed E-state index contributed by atoms with van der Waals surface area (Å²) in [4.78, 5) is 18.0. The zero-order valence-corrected chi connectivity index (χ0v) is 21.9. The van der Waals surface area contributed by atoms with Gasteiger partial charge in [0.15, 0.2) is 11.5 Å². The monoisotopic (exact) mass is 486 g/mol. The number of piperidine rings is 1. The molecule has 36 heavy (non-hydrogen) atoms. The lowest BCUT2D eigenvalue weighted by atomic mass is 9.95. The van der Waals surface area contributed by atoms with Gasteiger partial charge in [-0.3, -0.25) is 9.69 Å². The Morgan fingerprint density at radius 1 is 0.944 bits per heavy atom. The molecule has 190 valence electrons. The number of rotatable bonds is 7. The summed E-state index contributed by atoms with van der Waals surface area (Å²) in [7, 11) is 3.30. The van der Waals surface area contributed by atoms with Crippen molar-refractivity contribution in [2.75, 3.05) is 33.9 Å². The standard InChI is InChI=1S/C31H38N2O3/c1-22-11-12-23-8-4-5-10-27(23)28(22)21-33-15-7-6-9-26(33)14-17-32-16-13-24-18-29(35-2)30(36-3)19-25(24)20-31(32)34/h4-5,8,10-12,18-19,26H,6-7,9,13-17,20-21H2,1-3H3. The van der Waals surface area contributed by atoms with Gasteiger partial charge in [-0.05, 0) is 84.3 Å². The van der Waals surface area contributed by atoms with E-state index in [1.807, 2.05) is 12.1 Å². The summed E-state index contributed by atoms with van der Waals surface area (Å²) in [5.74, 6) is 1.64.